The van der Waals surface area contributed by atoms with Crippen molar-refractivity contribution in [3.8, 4) is 0 Å². The number of carbonyl (C=O) groups excluding carboxylic acids is 1. The number of nitrogens with zero attached hydrogens (tertiary/aromatic N) is 5. The van der Waals surface area contributed by atoms with Gasteiger partial charge in [0.2, 0.25) is 5.91 Å². The lowest BCUT2D eigenvalue weighted by atomic mass is 10.3. The van der Waals surface area contributed by atoms with Crippen LogP contribution in [0.4, 0.5) is 0 Å². The van der Waals surface area contributed by atoms with Crippen LogP contribution in [0, 0.1) is 6.92 Å². The fraction of sp³-hybridized carbons (Fsp3) is 0.643. The first-order chi connectivity index (χ1) is 10.2. The summed E-state index contributed by atoms with van der Waals surface area (Å²) >= 11 is 0. The molecular formula is C14H21N5O2. The van der Waals surface area contributed by atoms with Crippen molar-refractivity contribution in [3.05, 3.63) is 11.9 Å². The number of morpholine rings is 1. The zero-order valence-electron chi connectivity index (χ0n) is 12.6. The first-order valence-electron chi connectivity index (χ1n) is 7.45. The molecule has 0 aliphatic carbocycles. The van der Waals surface area contributed by atoms with Crippen molar-refractivity contribution in [2.45, 2.75) is 33.4 Å². The lowest BCUT2D eigenvalue weighted by molar-refractivity contribution is -0.135. The van der Waals surface area contributed by atoms with Crippen molar-refractivity contribution in [1.82, 2.24) is 24.5 Å². The third kappa shape index (κ3) is 2.65. The molecule has 0 radical (unpaired) electrons. The number of aryl methyl sites for hydroxylation is 3. The van der Waals surface area contributed by atoms with Crippen molar-refractivity contribution in [1.29, 1.82) is 0 Å². The maximum absolute atomic E-state index is 12.2. The van der Waals surface area contributed by atoms with Crippen LogP contribution < -0.4 is 0 Å². The van der Waals surface area contributed by atoms with Crippen molar-refractivity contribution < 1.29 is 9.53 Å². The van der Waals surface area contributed by atoms with E-state index in [0.717, 1.165) is 23.3 Å². The standard InChI is InChI=1S/C14H21N5O2/c1-3-18-12-10-15-19(14(12)11(2)16-18)5-4-13(20)17-6-8-21-9-7-17/h10H,3-9H2,1-2H3. The van der Waals surface area contributed by atoms with E-state index >= 15 is 0 Å². The highest BCUT2D eigenvalue weighted by atomic mass is 16.5. The van der Waals surface area contributed by atoms with E-state index in [1.807, 2.05) is 27.4 Å². The molecule has 1 fully saturated rings. The lowest BCUT2D eigenvalue weighted by Crippen LogP contribution is -2.41. The van der Waals surface area contributed by atoms with E-state index in [1.54, 1.807) is 0 Å². The summed E-state index contributed by atoms with van der Waals surface area (Å²) in [6.45, 7) is 8.13. The van der Waals surface area contributed by atoms with Crippen LogP contribution in [-0.2, 0) is 22.6 Å². The van der Waals surface area contributed by atoms with Gasteiger partial charge < -0.3 is 9.64 Å². The molecule has 0 atom stereocenters. The minimum Gasteiger partial charge on any atom is -0.378 e. The second kappa shape index (κ2) is 5.85. The Morgan fingerprint density at radius 1 is 1.33 bits per heavy atom. The van der Waals surface area contributed by atoms with Gasteiger partial charge >= 0.3 is 0 Å². The van der Waals surface area contributed by atoms with Gasteiger partial charge in [0.05, 0.1) is 31.6 Å². The fourth-order valence-electron chi connectivity index (χ4n) is 2.80. The molecule has 0 aromatic carbocycles. The van der Waals surface area contributed by atoms with E-state index in [2.05, 4.69) is 17.1 Å². The summed E-state index contributed by atoms with van der Waals surface area (Å²) in [5.41, 5.74) is 3.03. The normalized spacial score (nSPS) is 15.8. The molecule has 3 rings (SSSR count). The SMILES string of the molecule is CCn1nc(C)c2c1cnn2CCC(=O)N1CCOCC1. The van der Waals surface area contributed by atoms with Gasteiger partial charge in [0, 0.05) is 26.1 Å². The Morgan fingerprint density at radius 3 is 2.81 bits per heavy atom. The Morgan fingerprint density at radius 2 is 2.10 bits per heavy atom. The number of hydrogen-bond acceptors (Lipinski definition) is 4. The Labute approximate surface area is 123 Å². The molecule has 0 unspecified atom stereocenters. The van der Waals surface area contributed by atoms with Crippen LogP contribution in [0.3, 0.4) is 0 Å². The maximum atomic E-state index is 12.2. The Kier molecular flexibility index (Phi) is 3.92. The molecule has 2 aromatic rings. The van der Waals surface area contributed by atoms with E-state index in [-0.39, 0.29) is 5.91 Å². The van der Waals surface area contributed by atoms with Crippen LogP contribution in [-0.4, -0.2) is 56.7 Å². The molecule has 114 valence electrons. The van der Waals surface area contributed by atoms with E-state index in [9.17, 15) is 4.79 Å². The molecule has 0 spiro atoms. The highest BCUT2D eigenvalue weighted by Gasteiger charge is 2.18. The molecule has 7 nitrogen and oxygen atoms in total. The van der Waals surface area contributed by atoms with Gasteiger partial charge in [-0.1, -0.05) is 0 Å². The zero-order chi connectivity index (χ0) is 14.8. The van der Waals surface area contributed by atoms with Gasteiger partial charge in [-0.2, -0.15) is 10.2 Å². The van der Waals surface area contributed by atoms with Gasteiger partial charge in [-0.05, 0) is 13.8 Å². The number of hydrogen-bond donors (Lipinski definition) is 0. The third-order valence-electron chi connectivity index (χ3n) is 3.91. The van der Waals surface area contributed by atoms with Gasteiger partial charge in [-0.25, -0.2) is 0 Å². The summed E-state index contributed by atoms with van der Waals surface area (Å²) in [4.78, 5) is 14.1. The second-order valence-electron chi connectivity index (χ2n) is 5.25. The van der Waals surface area contributed by atoms with Crippen LogP contribution in [0.15, 0.2) is 6.20 Å². The average molecular weight is 291 g/mol. The summed E-state index contributed by atoms with van der Waals surface area (Å²) in [6.07, 6.45) is 2.30. The predicted molar refractivity (Wildman–Crippen MR) is 77.9 cm³/mol. The highest BCUT2D eigenvalue weighted by Crippen LogP contribution is 2.18. The predicted octanol–water partition coefficient (Wildman–Crippen LogP) is 0.810. The van der Waals surface area contributed by atoms with Crippen LogP contribution in [0.25, 0.3) is 11.0 Å². The quantitative estimate of drug-likeness (QED) is 0.836. The molecule has 0 bridgehead atoms. The topological polar surface area (TPSA) is 65.2 Å². The fourth-order valence-corrected chi connectivity index (χ4v) is 2.80. The molecule has 0 saturated carbocycles. The molecule has 2 aromatic heterocycles. The van der Waals surface area contributed by atoms with Gasteiger partial charge in [-0.3, -0.25) is 14.2 Å². The van der Waals surface area contributed by atoms with Crippen molar-refractivity contribution in [2.75, 3.05) is 26.3 Å². The second-order valence-corrected chi connectivity index (χ2v) is 5.25. The number of amides is 1. The smallest absolute Gasteiger partial charge is 0.224 e. The molecule has 1 aliphatic heterocycles. The lowest BCUT2D eigenvalue weighted by Gasteiger charge is -2.26. The molecule has 1 amide bonds. The van der Waals surface area contributed by atoms with Crippen LogP contribution in [0.5, 0.6) is 0 Å². The zero-order valence-corrected chi connectivity index (χ0v) is 12.6. The molecule has 3 heterocycles. The number of aromatic nitrogens is 4. The first-order valence-corrected chi connectivity index (χ1v) is 7.45. The average Bonchev–Trinajstić information content (AvgIpc) is 3.07. The van der Waals surface area contributed by atoms with Crippen molar-refractivity contribution in [2.24, 2.45) is 0 Å². The molecular weight excluding hydrogens is 270 g/mol. The molecule has 0 N–H and O–H groups in total. The summed E-state index contributed by atoms with van der Waals surface area (Å²) in [6, 6.07) is 0. The number of fused-ring (bicyclic) bond motifs is 1. The van der Waals surface area contributed by atoms with E-state index in [0.29, 0.717) is 39.3 Å². The van der Waals surface area contributed by atoms with Crippen molar-refractivity contribution in [3.63, 3.8) is 0 Å². The van der Waals surface area contributed by atoms with Gasteiger partial charge in [0.15, 0.2) is 0 Å². The minimum absolute atomic E-state index is 0.169. The largest absolute Gasteiger partial charge is 0.378 e. The summed E-state index contributed by atoms with van der Waals surface area (Å²) in [7, 11) is 0. The summed E-state index contributed by atoms with van der Waals surface area (Å²) < 4.78 is 9.10. The van der Waals surface area contributed by atoms with Gasteiger partial charge in [0.1, 0.15) is 11.0 Å². The van der Waals surface area contributed by atoms with Crippen molar-refractivity contribution >= 4 is 16.9 Å². The van der Waals surface area contributed by atoms with E-state index in [1.165, 1.54) is 0 Å². The Hall–Kier alpha value is -1.89. The Bertz CT molecular complexity index is 639. The maximum Gasteiger partial charge on any atom is 0.224 e. The van der Waals surface area contributed by atoms with Crippen LogP contribution in [0.2, 0.25) is 0 Å². The first kappa shape index (κ1) is 14.1. The van der Waals surface area contributed by atoms with E-state index < -0.39 is 0 Å². The van der Waals surface area contributed by atoms with Gasteiger partial charge in [-0.15, -0.1) is 0 Å². The number of rotatable bonds is 4. The molecule has 21 heavy (non-hydrogen) atoms. The number of carbonyl (C=O) groups is 1. The highest BCUT2D eigenvalue weighted by molar-refractivity contribution is 5.79. The van der Waals surface area contributed by atoms with E-state index in [4.69, 9.17) is 4.74 Å². The molecule has 1 saturated heterocycles. The Balaban J connectivity index is 1.70. The minimum atomic E-state index is 0.169. The van der Waals surface area contributed by atoms with Crippen LogP contribution >= 0.6 is 0 Å². The number of ether oxygens (including phenoxy) is 1. The monoisotopic (exact) mass is 291 g/mol. The summed E-state index contributed by atoms with van der Waals surface area (Å²) in [5.74, 6) is 0.169. The van der Waals surface area contributed by atoms with Gasteiger partial charge in [0.25, 0.3) is 0 Å². The third-order valence-corrected chi connectivity index (χ3v) is 3.91. The summed E-state index contributed by atoms with van der Waals surface area (Å²) in [5, 5.41) is 8.89. The molecule has 1 aliphatic rings. The molecule has 7 heteroatoms. The van der Waals surface area contributed by atoms with Crippen LogP contribution in [0.1, 0.15) is 19.0 Å².